The first-order valence-corrected chi connectivity index (χ1v) is 11.1. The Hall–Kier alpha value is -1.89. The maximum Gasteiger partial charge on any atom is 0.233 e. The molecule has 3 aliphatic carbocycles. The van der Waals surface area contributed by atoms with Crippen molar-refractivity contribution < 1.29 is 14.3 Å². The van der Waals surface area contributed by atoms with Gasteiger partial charge in [0.25, 0.3) is 0 Å². The molecule has 4 rings (SSSR count). The zero-order valence-electron chi connectivity index (χ0n) is 17.7. The molecule has 0 aromatic rings. The van der Waals surface area contributed by atoms with E-state index in [0.717, 1.165) is 45.0 Å². The van der Waals surface area contributed by atoms with Crippen LogP contribution in [-0.4, -0.2) is 62.6 Å². The molecule has 2 N–H and O–H groups in total. The number of carbonyl (C=O) groups is 2. The van der Waals surface area contributed by atoms with Gasteiger partial charge in [0.1, 0.15) is 0 Å². The third-order valence-electron chi connectivity index (χ3n) is 7.20. The van der Waals surface area contributed by atoms with Crippen LogP contribution in [-0.2, 0) is 14.3 Å². The van der Waals surface area contributed by atoms with Gasteiger partial charge >= 0.3 is 0 Å². The predicted octanol–water partition coefficient (Wildman–Crippen LogP) is 1.56. The average Bonchev–Trinajstić information content (AvgIpc) is 3.07. The summed E-state index contributed by atoms with van der Waals surface area (Å²) in [6.45, 7) is 5.70. The highest BCUT2D eigenvalue weighted by atomic mass is 16.5. The molecule has 29 heavy (non-hydrogen) atoms. The molecule has 4 atom stereocenters. The number of fused-ring (bicyclic) bond motifs is 5. The number of nitrogens with one attached hydrogen (secondary N) is 2. The Morgan fingerprint density at radius 3 is 2.48 bits per heavy atom. The van der Waals surface area contributed by atoms with E-state index in [4.69, 9.17) is 4.74 Å². The number of carbonyl (C=O) groups excluding carboxylic acids is 2. The molecular weight excluding hydrogens is 368 g/mol. The monoisotopic (exact) mass is 402 g/mol. The van der Waals surface area contributed by atoms with E-state index in [2.05, 4.69) is 27.8 Å². The Bertz CT molecular complexity index is 670. The smallest absolute Gasteiger partial charge is 0.233 e. The average molecular weight is 403 g/mol. The van der Waals surface area contributed by atoms with E-state index in [1.54, 1.807) is 7.05 Å². The highest BCUT2D eigenvalue weighted by Gasteiger charge is 2.58. The second-order valence-electron chi connectivity index (χ2n) is 8.98. The first kappa shape index (κ1) is 20.4. The van der Waals surface area contributed by atoms with Gasteiger partial charge in [-0.2, -0.15) is 0 Å². The van der Waals surface area contributed by atoms with Crippen molar-refractivity contribution >= 4 is 17.8 Å². The van der Waals surface area contributed by atoms with E-state index in [-0.39, 0.29) is 35.5 Å². The van der Waals surface area contributed by atoms with Gasteiger partial charge in [-0.3, -0.25) is 19.5 Å². The van der Waals surface area contributed by atoms with Gasteiger partial charge in [0, 0.05) is 39.9 Å². The number of hydrogen-bond donors (Lipinski definition) is 2. The number of nitrogens with zero attached hydrogens (tertiary/aromatic N) is 2. The summed E-state index contributed by atoms with van der Waals surface area (Å²) in [4.78, 5) is 31.2. The van der Waals surface area contributed by atoms with Crippen LogP contribution in [0.1, 0.15) is 39.0 Å². The first-order chi connectivity index (χ1) is 14.1. The number of hydrogen-bond acceptors (Lipinski definition) is 4. The van der Waals surface area contributed by atoms with Crippen molar-refractivity contribution in [1.82, 2.24) is 15.5 Å². The summed E-state index contributed by atoms with van der Waals surface area (Å²) in [6, 6.07) is 0. The molecule has 0 aromatic carbocycles. The summed E-state index contributed by atoms with van der Waals surface area (Å²) in [5.41, 5.74) is 0.354. The van der Waals surface area contributed by atoms with Crippen LogP contribution in [0.4, 0.5) is 0 Å². The van der Waals surface area contributed by atoms with Gasteiger partial charge in [0.2, 0.25) is 11.8 Å². The van der Waals surface area contributed by atoms with Crippen molar-refractivity contribution in [3.63, 3.8) is 0 Å². The quantitative estimate of drug-likeness (QED) is 0.190. The molecule has 0 radical (unpaired) electrons. The van der Waals surface area contributed by atoms with E-state index in [1.165, 1.54) is 17.7 Å². The van der Waals surface area contributed by atoms with Crippen LogP contribution in [0.25, 0.3) is 0 Å². The van der Waals surface area contributed by atoms with E-state index in [1.807, 2.05) is 6.92 Å². The van der Waals surface area contributed by atoms with Gasteiger partial charge in [-0.15, -0.1) is 0 Å². The Balaban J connectivity index is 1.17. The lowest BCUT2D eigenvalue weighted by atomic mass is 9.85. The van der Waals surface area contributed by atoms with Crippen LogP contribution in [0.3, 0.4) is 0 Å². The summed E-state index contributed by atoms with van der Waals surface area (Å²) in [6.07, 6.45) is 9.55. The summed E-state index contributed by atoms with van der Waals surface area (Å²) in [5, 5.41) is 6.74. The molecule has 3 fully saturated rings. The van der Waals surface area contributed by atoms with Gasteiger partial charge < -0.3 is 15.4 Å². The van der Waals surface area contributed by atoms with Crippen molar-refractivity contribution in [2.45, 2.75) is 39.0 Å². The largest absolute Gasteiger partial charge is 0.382 e. The van der Waals surface area contributed by atoms with Crippen molar-refractivity contribution in [3.05, 3.63) is 12.2 Å². The number of likely N-dealkylation sites (tertiary alicyclic amines) is 1. The van der Waals surface area contributed by atoms with E-state index in [9.17, 15) is 9.59 Å². The molecule has 1 aliphatic heterocycles. The summed E-state index contributed by atoms with van der Waals surface area (Å²) < 4.78 is 5.50. The second kappa shape index (κ2) is 8.46. The molecule has 0 spiro atoms. The van der Waals surface area contributed by atoms with E-state index >= 15 is 0 Å². The predicted molar refractivity (Wildman–Crippen MR) is 111 cm³/mol. The highest BCUT2D eigenvalue weighted by molar-refractivity contribution is 6.06. The number of allylic oxidation sites excluding steroid dienone is 2. The van der Waals surface area contributed by atoms with Crippen molar-refractivity contribution in [3.8, 4) is 0 Å². The fourth-order valence-corrected chi connectivity index (χ4v) is 5.25. The van der Waals surface area contributed by atoms with E-state index in [0.29, 0.717) is 18.5 Å². The van der Waals surface area contributed by atoms with Gasteiger partial charge in [-0.1, -0.05) is 12.2 Å². The van der Waals surface area contributed by atoms with Crippen LogP contribution in [0.5, 0.6) is 0 Å². The third-order valence-corrected chi connectivity index (χ3v) is 7.20. The van der Waals surface area contributed by atoms with Gasteiger partial charge in [0.15, 0.2) is 5.96 Å². The lowest BCUT2D eigenvalue weighted by molar-refractivity contribution is -0.140. The molecule has 0 aromatic heterocycles. The molecule has 2 amide bonds. The van der Waals surface area contributed by atoms with Crippen molar-refractivity contribution in [1.29, 1.82) is 0 Å². The van der Waals surface area contributed by atoms with Gasteiger partial charge in [0.05, 0.1) is 11.8 Å². The van der Waals surface area contributed by atoms with Crippen molar-refractivity contribution in [2.75, 3.05) is 39.9 Å². The number of rotatable bonds is 10. The molecule has 7 nitrogen and oxygen atoms in total. The highest BCUT2D eigenvalue weighted by Crippen LogP contribution is 2.52. The standard InChI is InChI=1S/C22H34N4O3/c1-3-29-12-9-22(7-8-22)14-25-21(23-2)24-10-4-11-26-19(27)17-15-5-6-16(13-15)18(17)20(26)28/h5-6,15-18H,3-4,7-14H2,1-2H3,(H2,23,24,25). The van der Waals surface area contributed by atoms with Crippen LogP contribution < -0.4 is 10.6 Å². The minimum absolute atomic E-state index is 0.0457. The van der Waals surface area contributed by atoms with Gasteiger partial charge in [-0.25, -0.2) is 0 Å². The Morgan fingerprint density at radius 1 is 1.21 bits per heavy atom. The SMILES string of the molecule is CCOCCC1(CNC(=NC)NCCCN2C(=O)C3C4C=CC(C4)C3C2=O)CC1. The number of guanidine groups is 1. The molecule has 160 valence electrons. The molecule has 1 heterocycles. The maximum absolute atomic E-state index is 12.7. The molecular formula is C22H34N4O3. The number of imide groups is 1. The van der Waals surface area contributed by atoms with E-state index < -0.39 is 0 Å². The lowest BCUT2D eigenvalue weighted by Crippen LogP contribution is -2.42. The summed E-state index contributed by atoms with van der Waals surface area (Å²) in [7, 11) is 1.77. The van der Waals surface area contributed by atoms with Crippen molar-refractivity contribution in [2.24, 2.45) is 34.1 Å². The van der Waals surface area contributed by atoms with Crippen LogP contribution >= 0.6 is 0 Å². The number of aliphatic imine (C=N–C) groups is 1. The van der Waals surface area contributed by atoms with Crippen LogP contribution in [0, 0.1) is 29.1 Å². The second-order valence-corrected chi connectivity index (χ2v) is 8.98. The lowest BCUT2D eigenvalue weighted by Gasteiger charge is -2.20. The zero-order valence-corrected chi connectivity index (χ0v) is 17.7. The molecule has 2 saturated carbocycles. The van der Waals surface area contributed by atoms with Gasteiger partial charge in [-0.05, 0) is 56.3 Å². The number of ether oxygens (including phenoxy) is 1. The fraction of sp³-hybridized carbons (Fsp3) is 0.773. The molecule has 7 heteroatoms. The first-order valence-electron chi connectivity index (χ1n) is 11.1. The normalized spacial score (nSPS) is 31.5. The number of amides is 2. The minimum Gasteiger partial charge on any atom is -0.382 e. The zero-order chi connectivity index (χ0) is 20.4. The molecule has 4 aliphatic rings. The summed E-state index contributed by atoms with van der Waals surface area (Å²) >= 11 is 0. The Kier molecular flexibility index (Phi) is 5.95. The van der Waals surface area contributed by atoms with Crippen LogP contribution in [0.15, 0.2) is 17.1 Å². The molecule has 2 bridgehead atoms. The van der Waals surface area contributed by atoms with Crippen LogP contribution in [0.2, 0.25) is 0 Å². The summed E-state index contributed by atoms with van der Waals surface area (Å²) in [5.74, 6) is 1.26. The Labute approximate surface area is 173 Å². The topological polar surface area (TPSA) is 83.0 Å². The molecule has 1 saturated heterocycles. The maximum atomic E-state index is 12.7. The fourth-order valence-electron chi connectivity index (χ4n) is 5.25. The Morgan fingerprint density at radius 2 is 1.90 bits per heavy atom. The third kappa shape index (κ3) is 4.06. The minimum atomic E-state index is -0.0914. The molecule has 4 unspecified atom stereocenters.